The first-order valence-electron chi connectivity index (χ1n) is 20.2. The molecule has 3 aromatic rings. The molecule has 324 valence electrons. The third kappa shape index (κ3) is 7.79. The Bertz CT molecular complexity index is 2160. The molecule has 61 heavy (non-hydrogen) atoms. The van der Waals surface area contributed by atoms with Crippen LogP contribution < -0.4 is 5.32 Å². The zero-order valence-electron chi connectivity index (χ0n) is 34.5. The normalized spacial score (nSPS) is 32.1. The number of benzene rings is 3. The summed E-state index contributed by atoms with van der Waals surface area (Å²) in [6, 6.07) is 24.2. The highest BCUT2D eigenvalue weighted by Gasteiger charge is 2.78. The molecule has 7 rings (SSSR count). The number of ether oxygens (including phenoxy) is 4. The number of hydrogen-bond donors (Lipinski definition) is 4. The summed E-state index contributed by atoms with van der Waals surface area (Å²) >= 11 is 0. The minimum absolute atomic E-state index is 0.0165. The summed E-state index contributed by atoms with van der Waals surface area (Å²) in [6.07, 6.45) is -8.48. The Labute approximate surface area is 352 Å². The number of nitrogens with one attached hydrogen (secondary N) is 1. The summed E-state index contributed by atoms with van der Waals surface area (Å²) in [5.74, 6) is -5.58. The highest BCUT2D eigenvalue weighted by Crippen LogP contribution is 2.63. The van der Waals surface area contributed by atoms with Crippen LogP contribution in [-0.4, -0.2) is 99.4 Å². The monoisotopic (exact) mass is 841 g/mol. The van der Waals surface area contributed by atoms with E-state index in [1.54, 1.807) is 98.8 Å². The van der Waals surface area contributed by atoms with Crippen molar-refractivity contribution in [1.82, 2.24) is 5.32 Å². The molecule has 4 N–H and O–H groups in total. The number of fused-ring (bicyclic) bond motifs is 5. The van der Waals surface area contributed by atoms with Crippen molar-refractivity contribution in [1.29, 1.82) is 0 Å². The van der Waals surface area contributed by atoms with Crippen LogP contribution in [-0.2, 0) is 54.5 Å². The lowest BCUT2D eigenvalue weighted by molar-refractivity contribution is -0.420. The predicted octanol–water partition coefficient (Wildman–Crippen LogP) is 3.64. The van der Waals surface area contributed by atoms with Crippen LogP contribution in [0.25, 0.3) is 0 Å². The SMILES string of the molecule is CC(=O)O[C@H]1C(=O)[C@@]2(C)C([C@H](OOCc3ccccc3)[C@]3(O)C[C@H](OC(=O)[C@H](O)[C@@H](NC(=O)c4ccccc4)c4ccccc4)C=C1C3(C)C)[C@]1(OC(C)=O)CO[C@@H]1C[C@@H]2O. The first kappa shape index (κ1) is 43.8. The Balaban J connectivity index is 1.33. The van der Waals surface area contributed by atoms with Crippen molar-refractivity contribution < 1.29 is 68.0 Å². The summed E-state index contributed by atoms with van der Waals surface area (Å²) in [6.45, 7) is 6.57. The highest BCUT2D eigenvalue weighted by atomic mass is 17.2. The summed E-state index contributed by atoms with van der Waals surface area (Å²) in [4.78, 5) is 80.8. The zero-order valence-corrected chi connectivity index (χ0v) is 34.5. The summed E-state index contributed by atoms with van der Waals surface area (Å²) in [5, 5.41) is 39.9. The lowest BCUT2D eigenvalue weighted by Gasteiger charge is -2.67. The van der Waals surface area contributed by atoms with Gasteiger partial charge in [-0.05, 0) is 41.8 Å². The van der Waals surface area contributed by atoms with Gasteiger partial charge in [-0.3, -0.25) is 19.2 Å². The molecule has 2 saturated carbocycles. The Kier molecular flexibility index (Phi) is 12.1. The van der Waals surface area contributed by atoms with E-state index < -0.39 is 107 Å². The van der Waals surface area contributed by atoms with Crippen LogP contribution in [0, 0.1) is 16.7 Å². The summed E-state index contributed by atoms with van der Waals surface area (Å²) in [7, 11) is 0. The molecule has 15 nitrogen and oxygen atoms in total. The molecule has 0 spiro atoms. The molecule has 0 aromatic heterocycles. The van der Waals surface area contributed by atoms with Crippen molar-refractivity contribution >= 4 is 29.6 Å². The molecule has 3 aromatic carbocycles. The number of carbonyl (C=O) groups excluding carboxylic acids is 5. The van der Waals surface area contributed by atoms with Crippen LogP contribution in [0.5, 0.6) is 0 Å². The summed E-state index contributed by atoms with van der Waals surface area (Å²) < 4.78 is 23.7. The molecular weight excluding hydrogens is 790 g/mol. The van der Waals surface area contributed by atoms with Gasteiger partial charge < -0.3 is 39.6 Å². The number of carbonyl (C=O) groups is 5. The maximum Gasteiger partial charge on any atom is 0.338 e. The molecule has 3 aliphatic carbocycles. The average molecular weight is 842 g/mol. The van der Waals surface area contributed by atoms with E-state index in [-0.39, 0.29) is 30.8 Å². The van der Waals surface area contributed by atoms with Crippen LogP contribution in [0.4, 0.5) is 0 Å². The van der Waals surface area contributed by atoms with Gasteiger partial charge in [0.1, 0.15) is 30.5 Å². The Morgan fingerprint density at radius 2 is 1.51 bits per heavy atom. The highest BCUT2D eigenvalue weighted by molar-refractivity contribution is 5.96. The number of hydrogen-bond acceptors (Lipinski definition) is 14. The van der Waals surface area contributed by atoms with E-state index in [4.69, 9.17) is 28.7 Å². The molecule has 11 atom stereocenters. The number of aliphatic hydroxyl groups excluding tert-OH is 2. The molecule has 1 saturated heterocycles. The second-order valence-corrected chi connectivity index (χ2v) is 17.0. The van der Waals surface area contributed by atoms with Crippen LogP contribution >= 0.6 is 0 Å². The van der Waals surface area contributed by atoms with Gasteiger partial charge >= 0.3 is 17.9 Å². The average Bonchev–Trinajstić information content (AvgIpc) is 3.23. The molecule has 1 unspecified atom stereocenters. The Morgan fingerprint density at radius 1 is 0.885 bits per heavy atom. The molecule has 3 fully saturated rings. The standard InChI is InChI=1S/C46H51NO14/c1-26(48)58-37-32-21-31(59-42(54)36(51)35(29-17-11-7-12-18-29)47-41(53)30-19-13-8-14-20-30)23-46(55,43(32,3)4)40(61-57-24-28-15-9-6-10-16-28)38-44(5,39(37)52)33(50)22-34-45(38,25-56-34)60-27(2)49/h6-21,31,33-38,40,50-51,55H,22-25H2,1-5H3,(H,47,53)/t31-,33+,34-,35+,36-,37-,38?,40+,44-,45+,46-/m1/s1. The van der Waals surface area contributed by atoms with Gasteiger partial charge in [-0.1, -0.05) is 92.7 Å². The Morgan fingerprint density at radius 3 is 2.10 bits per heavy atom. The van der Waals surface area contributed by atoms with Gasteiger partial charge in [-0.15, -0.1) is 0 Å². The van der Waals surface area contributed by atoms with E-state index in [9.17, 15) is 34.5 Å². The molecule has 4 aliphatic rings. The molecule has 1 heterocycles. The maximum absolute atomic E-state index is 15.3. The third-order valence-electron chi connectivity index (χ3n) is 13.0. The first-order valence-corrected chi connectivity index (χ1v) is 20.2. The van der Waals surface area contributed by atoms with Gasteiger partial charge in [-0.25, -0.2) is 14.6 Å². The minimum Gasteiger partial charge on any atom is -0.456 e. The molecule has 1 amide bonds. The lowest BCUT2D eigenvalue weighted by Crippen LogP contribution is -2.81. The maximum atomic E-state index is 15.3. The van der Waals surface area contributed by atoms with E-state index in [2.05, 4.69) is 5.32 Å². The molecular formula is C46H51NO14. The number of rotatable bonds is 12. The van der Waals surface area contributed by atoms with Gasteiger partial charge in [0.05, 0.1) is 30.1 Å². The third-order valence-corrected chi connectivity index (χ3v) is 13.0. The fourth-order valence-corrected chi connectivity index (χ4v) is 9.68. The number of esters is 3. The van der Waals surface area contributed by atoms with Crippen LogP contribution in [0.3, 0.4) is 0 Å². The van der Waals surface area contributed by atoms with E-state index in [0.29, 0.717) is 11.1 Å². The first-order chi connectivity index (χ1) is 28.9. The van der Waals surface area contributed by atoms with Crippen LogP contribution in [0.15, 0.2) is 103 Å². The lowest BCUT2D eigenvalue weighted by atomic mass is 9.45. The van der Waals surface area contributed by atoms with Crippen molar-refractivity contribution in [3.05, 3.63) is 119 Å². The fraction of sp³-hybridized carbons (Fsp3) is 0.457. The van der Waals surface area contributed by atoms with Gasteiger partial charge in [0.2, 0.25) is 0 Å². The second kappa shape index (κ2) is 16.9. The van der Waals surface area contributed by atoms with Crippen molar-refractivity contribution in [3.8, 4) is 0 Å². The van der Waals surface area contributed by atoms with Crippen molar-refractivity contribution in [2.75, 3.05) is 6.61 Å². The number of ketones is 1. The zero-order chi connectivity index (χ0) is 43.9. The predicted molar refractivity (Wildman–Crippen MR) is 214 cm³/mol. The van der Waals surface area contributed by atoms with E-state index >= 15 is 4.79 Å². The molecule has 15 heteroatoms. The molecule has 2 bridgehead atoms. The van der Waals surface area contributed by atoms with E-state index in [1.807, 2.05) is 6.07 Å². The summed E-state index contributed by atoms with van der Waals surface area (Å²) in [5.41, 5.74) is -6.06. The van der Waals surface area contributed by atoms with Crippen molar-refractivity contribution in [2.24, 2.45) is 16.7 Å². The minimum atomic E-state index is -2.25. The van der Waals surface area contributed by atoms with Gasteiger partial charge in [0, 0.05) is 37.7 Å². The van der Waals surface area contributed by atoms with Crippen molar-refractivity contribution in [2.45, 2.75) is 108 Å². The fourth-order valence-electron chi connectivity index (χ4n) is 9.68. The smallest absolute Gasteiger partial charge is 0.338 e. The van der Waals surface area contributed by atoms with Gasteiger partial charge in [-0.2, -0.15) is 0 Å². The molecule has 0 radical (unpaired) electrons. The number of aliphatic hydroxyl groups is 3. The topological polar surface area (TPSA) is 213 Å². The number of amides is 1. The van der Waals surface area contributed by atoms with E-state index in [0.717, 1.165) is 6.92 Å². The second-order valence-electron chi connectivity index (χ2n) is 17.0. The van der Waals surface area contributed by atoms with E-state index in [1.165, 1.54) is 19.9 Å². The van der Waals surface area contributed by atoms with Crippen LogP contribution in [0.2, 0.25) is 0 Å². The van der Waals surface area contributed by atoms with Crippen molar-refractivity contribution in [3.63, 3.8) is 0 Å². The van der Waals surface area contributed by atoms with Crippen LogP contribution in [0.1, 0.15) is 75.0 Å². The largest absolute Gasteiger partial charge is 0.456 e. The number of Topliss-reactive ketones (excluding diaryl/α,β-unsaturated/α-hetero) is 1. The quantitative estimate of drug-likeness (QED) is 0.0675. The molecule has 1 aliphatic heterocycles. The van der Waals surface area contributed by atoms with Gasteiger partial charge in [0.15, 0.2) is 23.6 Å². The Hall–Kier alpha value is -5.29. The van der Waals surface area contributed by atoms with Gasteiger partial charge in [0.25, 0.3) is 5.91 Å².